The highest BCUT2D eigenvalue weighted by molar-refractivity contribution is 7.91. The third-order valence-electron chi connectivity index (χ3n) is 6.53. The summed E-state index contributed by atoms with van der Waals surface area (Å²) in [5, 5.41) is 3.67. The van der Waals surface area contributed by atoms with Gasteiger partial charge in [-0.25, -0.2) is 4.98 Å². The van der Waals surface area contributed by atoms with Gasteiger partial charge in [0.2, 0.25) is 10.8 Å². The highest BCUT2D eigenvalue weighted by Gasteiger charge is 2.57. The third kappa shape index (κ3) is 2.21. The maximum Gasteiger partial charge on any atom is 0.227 e. The summed E-state index contributed by atoms with van der Waals surface area (Å²) in [4.78, 5) is 12.8. The summed E-state index contributed by atoms with van der Waals surface area (Å²) in [6.07, 6.45) is 4.53. The van der Waals surface area contributed by atoms with Crippen molar-refractivity contribution in [3.63, 3.8) is 0 Å². The summed E-state index contributed by atoms with van der Waals surface area (Å²) in [6.45, 7) is 1.91. The van der Waals surface area contributed by atoms with E-state index in [9.17, 15) is 4.55 Å². The van der Waals surface area contributed by atoms with Crippen molar-refractivity contribution in [2.24, 2.45) is 5.92 Å². The molecule has 3 aliphatic carbocycles. The molecule has 1 aromatic heterocycles. The van der Waals surface area contributed by atoms with Crippen molar-refractivity contribution in [3.8, 4) is 0 Å². The van der Waals surface area contributed by atoms with E-state index in [1.54, 1.807) is 0 Å². The molecule has 1 N–H and O–H groups in total. The number of nitrogens with zero attached hydrogens (tertiary/aromatic N) is 3. The monoisotopic (exact) mass is 366 g/mol. The van der Waals surface area contributed by atoms with Crippen molar-refractivity contribution in [3.05, 3.63) is 41.6 Å². The van der Waals surface area contributed by atoms with Gasteiger partial charge in [0.15, 0.2) is 5.82 Å². The molecule has 4 fully saturated rings. The van der Waals surface area contributed by atoms with E-state index in [0.29, 0.717) is 11.7 Å². The second kappa shape index (κ2) is 5.36. The lowest BCUT2D eigenvalue weighted by molar-refractivity contribution is 0.00158. The second-order valence-corrected chi connectivity index (χ2v) is 9.85. The van der Waals surface area contributed by atoms with Crippen LogP contribution in [0.15, 0.2) is 35.2 Å². The summed E-state index contributed by atoms with van der Waals surface area (Å²) in [5.41, 5.74) is 2.61. The number of aromatic nitrogens is 2. The molecule has 0 unspecified atom stereocenters. The lowest BCUT2D eigenvalue weighted by Gasteiger charge is -2.62. The van der Waals surface area contributed by atoms with Crippen molar-refractivity contribution in [1.82, 2.24) is 9.97 Å². The first kappa shape index (κ1) is 15.3. The maximum absolute atomic E-state index is 12.5. The van der Waals surface area contributed by atoms with Crippen molar-refractivity contribution < 1.29 is 4.55 Å². The van der Waals surface area contributed by atoms with Gasteiger partial charge in [0.25, 0.3) is 0 Å². The molecule has 0 spiro atoms. The molecular weight excluding hydrogens is 344 g/mol. The molecule has 3 saturated carbocycles. The molecule has 6 heteroatoms. The molecule has 134 valence electrons. The number of fused-ring (bicyclic) bond motifs is 1. The predicted octanol–water partition coefficient (Wildman–Crippen LogP) is 2.71. The average molecular weight is 366 g/mol. The fourth-order valence-electron chi connectivity index (χ4n) is 4.87. The fraction of sp³-hybridized carbons (Fsp3) is 0.500. The summed E-state index contributed by atoms with van der Waals surface area (Å²) >= 11 is -0.953. The number of aryl methyl sites for hydroxylation is 1. The predicted molar refractivity (Wildman–Crippen MR) is 102 cm³/mol. The number of benzene rings is 1. The van der Waals surface area contributed by atoms with Crippen LogP contribution in [-0.2, 0) is 17.6 Å². The molecule has 3 heterocycles. The topological polar surface area (TPSA) is 64.1 Å². The average Bonchev–Trinajstić information content (AvgIpc) is 2.91. The zero-order chi connectivity index (χ0) is 17.3. The molecule has 0 radical (unpaired) electrons. The first-order chi connectivity index (χ1) is 12.7. The first-order valence-corrected chi connectivity index (χ1v) is 10.9. The Morgan fingerprint density at radius 2 is 1.88 bits per heavy atom. The van der Waals surface area contributed by atoms with Crippen LogP contribution >= 0.6 is 0 Å². The Balaban J connectivity index is 1.27. The third-order valence-corrected chi connectivity index (χ3v) is 7.99. The van der Waals surface area contributed by atoms with Crippen LogP contribution < -0.4 is 10.2 Å². The van der Waals surface area contributed by atoms with Crippen molar-refractivity contribution >= 4 is 22.9 Å². The van der Waals surface area contributed by atoms with E-state index in [-0.39, 0.29) is 5.54 Å². The molecule has 0 amide bonds. The molecule has 1 aromatic carbocycles. The van der Waals surface area contributed by atoms with Gasteiger partial charge in [-0.3, -0.25) is 0 Å². The van der Waals surface area contributed by atoms with E-state index >= 15 is 0 Å². The van der Waals surface area contributed by atoms with E-state index in [0.717, 1.165) is 47.8 Å². The first-order valence-electron chi connectivity index (χ1n) is 9.56. The molecule has 1 saturated heterocycles. The van der Waals surface area contributed by atoms with Crippen molar-refractivity contribution in [2.75, 3.05) is 29.1 Å². The minimum Gasteiger partial charge on any atom is -0.611 e. The van der Waals surface area contributed by atoms with Crippen LogP contribution in [0.3, 0.4) is 0 Å². The second-order valence-electron chi connectivity index (χ2n) is 8.34. The SMILES string of the molecule is [O-][S@+]1CCc2nc(N3CC(c4ccccc4)C3)nc(NC34CC(C3)C4)c21. The summed E-state index contributed by atoms with van der Waals surface area (Å²) in [5.74, 6) is 3.80. The molecule has 2 aliphatic heterocycles. The van der Waals surface area contributed by atoms with Crippen LogP contribution in [0.2, 0.25) is 0 Å². The highest BCUT2D eigenvalue weighted by atomic mass is 32.2. The quantitative estimate of drug-likeness (QED) is 0.843. The van der Waals surface area contributed by atoms with Gasteiger partial charge in [-0.1, -0.05) is 30.3 Å². The Kier molecular flexibility index (Phi) is 3.15. The van der Waals surface area contributed by atoms with E-state index in [4.69, 9.17) is 9.97 Å². The van der Waals surface area contributed by atoms with E-state index in [2.05, 4.69) is 40.5 Å². The molecule has 1 atom stereocenters. The number of nitrogens with one attached hydrogen (secondary N) is 1. The van der Waals surface area contributed by atoms with Crippen LogP contribution in [0.1, 0.15) is 36.4 Å². The maximum atomic E-state index is 12.5. The van der Waals surface area contributed by atoms with Crippen LogP contribution in [-0.4, -0.2) is 38.9 Å². The van der Waals surface area contributed by atoms with Gasteiger partial charge in [-0.15, -0.1) is 0 Å². The molecule has 5 nitrogen and oxygen atoms in total. The lowest BCUT2D eigenvalue weighted by Crippen LogP contribution is -2.63. The van der Waals surface area contributed by atoms with E-state index in [1.165, 1.54) is 24.8 Å². The zero-order valence-corrected chi connectivity index (χ0v) is 15.5. The minimum atomic E-state index is -0.953. The summed E-state index contributed by atoms with van der Waals surface area (Å²) < 4.78 is 12.5. The smallest absolute Gasteiger partial charge is 0.227 e. The molecule has 26 heavy (non-hydrogen) atoms. The molecule has 2 bridgehead atoms. The van der Waals surface area contributed by atoms with E-state index < -0.39 is 11.2 Å². The molecule has 2 aromatic rings. The van der Waals surface area contributed by atoms with Gasteiger partial charge in [-0.05, 0) is 41.9 Å². The van der Waals surface area contributed by atoms with Crippen LogP contribution in [0.25, 0.3) is 0 Å². The summed E-state index contributed by atoms with van der Waals surface area (Å²) in [7, 11) is 0. The number of rotatable bonds is 4. The van der Waals surface area contributed by atoms with Gasteiger partial charge in [0.05, 0.1) is 0 Å². The Morgan fingerprint density at radius 3 is 2.58 bits per heavy atom. The molecule has 5 aliphatic rings. The normalized spacial score (nSPS) is 31.7. The minimum absolute atomic E-state index is 0.234. The van der Waals surface area contributed by atoms with Gasteiger partial charge in [-0.2, -0.15) is 4.98 Å². The molecular formula is C20H22N4OS. The number of hydrogen-bond donors (Lipinski definition) is 1. The van der Waals surface area contributed by atoms with Crippen molar-refractivity contribution in [2.45, 2.75) is 42.0 Å². The largest absolute Gasteiger partial charge is 0.611 e. The van der Waals surface area contributed by atoms with Crippen LogP contribution in [0.4, 0.5) is 11.8 Å². The van der Waals surface area contributed by atoms with Crippen LogP contribution in [0, 0.1) is 5.92 Å². The van der Waals surface area contributed by atoms with Gasteiger partial charge < -0.3 is 14.8 Å². The lowest BCUT2D eigenvalue weighted by atomic mass is 9.50. The number of anilines is 2. The van der Waals surface area contributed by atoms with Gasteiger partial charge in [0, 0.05) is 31.0 Å². The van der Waals surface area contributed by atoms with E-state index in [1.807, 2.05) is 0 Å². The Morgan fingerprint density at radius 1 is 1.12 bits per heavy atom. The number of hydrogen-bond acceptors (Lipinski definition) is 5. The van der Waals surface area contributed by atoms with Crippen LogP contribution in [0.5, 0.6) is 0 Å². The highest BCUT2D eigenvalue weighted by Crippen LogP contribution is 2.59. The molecule has 7 rings (SSSR count). The van der Waals surface area contributed by atoms with Crippen molar-refractivity contribution in [1.29, 1.82) is 0 Å². The Labute approximate surface area is 156 Å². The van der Waals surface area contributed by atoms with Gasteiger partial charge in [0.1, 0.15) is 11.4 Å². The zero-order valence-electron chi connectivity index (χ0n) is 14.6. The Bertz CT molecular complexity index is 851. The Hall–Kier alpha value is -1.79. The van der Waals surface area contributed by atoms with Gasteiger partial charge >= 0.3 is 0 Å². The standard InChI is InChI=1S/C20H22N4OS/c25-26-7-6-16-17(26)18(23-20-8-13(9-20)10-20)22-19(21-16)24-11-15(12-24)14-4-2-1-3-5-14/h1-5,13,15H,6-12H2,(H,21,22,23)/t13?,20?,26-/m1/s1. The summed E-state index contributed by atoms with van der Waals surface area (Å²) in [6, 6.07) is 10.7. The fourth-order valence-corrected chi connectivity index (χ4v) is 6.18.